The highest BCUT2D eigenvalue weighted by molar-refractivity contribution is 7.98. The van der Waals surface area contributed by atoms with Crippen molar-refractivity contribution in [2.24, 2.45) is 0 Å². The van der Waals surface area contributed by atoms with E-state index in [0.717, 1.165) is 38.5 Å². The summed E-state index contributed by atoms with van der Waals surface area (Å²) in [6.07, 6.45) is 7.23. The topological polar surface area (TPSA) is 82.0 Å². The second kappa shape index (κ2) is 5.20. The van der Waals surface area contributed by atoms with E-state index >= 15 is 0 Å². The van der Waals surface area contributed by atoms with Gasteiger partial charge in [-0.1, -0.05) is 11.8 Å². The van der Waals surface area contributed by atoms with Crippen LogP contribution >= 0.6 is 11.8 Å². The zero-order valence-electron chi connectivity index (χ0n) is 12.7. The predicted molar refractivity (Wildman–Crippen MR) is 92.4 cm³/mol. The summed E-state index contributed by atoms with van der Waals surface area (Å²) in [4.78, 5) is 17.6. The molecular formula is C16H14N6S. The van der Waals surface area contributed by atoms with Gasteiger partial charge in [-0.3, -0.25) is 4.40 Å². The average Bonchev–Trinajstić information content (AvgIpc) is 2.92. The van der Waals surface area contributed by atoms with Gasteiger partial charge in [-0.2, -0.15) is 0 Å². The van der Waals surface area contributed by atoms with E-state index in [-0.39, 0.29) is 0 Å². The van der Waals surface area contributed by atoms with Crippen molar-refractivity contribution >= 4 is 34.3 Å². The molecule has 114 valence electrons. The van der Waals surface area contributed by atoms with Crippen LogP contribution in [0.15, 0.2) is 41.9 Å². The van der Waals surface area contributed by atoms with E-state index in [4.69, 9.17) is 5.73 Å². The lowest BCUT2D eigenvalue weighted by molar-refractivity contribution is 0.977. The molecule has 23 heavy (non-hydrogen) atoms. The number of rotatable bonds is 2. The van der Waals surface area contributed by atoms with Crippen LogP contribution in [-0.4, -0.2) is 30.6 Å². The molecule has 0 fully saturated rings. The number of anilines is 1. The van der Waals surface area contributed by atoms with E-state index in [9.17, 15) is 0 Å². The molecule has 0 bridgehead atoms. The summed E-state index contributed by atoms with van der Waals surface area (Å²) >= 11 is 1.52. The molecule has 0 aliphatic heterocycles. The van der Waals surface area contributed by atoms with Gasteiger partial charge in [0.25, 0.3) is 0 Å². The lowest BCUT2D eigenvalue weighted by Crippen LogP contribution is -1.99. The van der Waals surface area contributed by atoms with Crippen LogP contribution in [0.4, 0.5) is 5.95 Å². The van der Waals surface area contributed by atoms with E-state index in [1.165, 1.54) is 11.8 Å². The number of aryl methyl sites for hydroxylation is 1. The number of hydrogen-bond donors (Lipinski definition) is 1. The van der Waals surface area contributed by atoms with E-state index < -0.39 is 0 Å². The lowest BCUT2D eigenvalue weighted by Gasteiger charge is -2.03. The first-order valence-electron chi connectivity index (χ1n) is 7.08. The molecule has 0 aliphatic rings. The fraction of sp³-hybridized carbons (Fsp3) is 0.125. The average molecular weight is 322 g/mol. The summed E-state index contributed by atoms with van der Waals surface area (Å²) in [6, 6.07) is 5.84. The molecule has 4 rings (SSSR count). The summed E-state index contributed by atoms with van der Waals surface area (Å²) in [5.74, 6) is 0.413. The Hall–Kier alpha value is -2.67. The molecule has 6 nitrogen and oxygen atoms in total. The minimum Gasteiger partial charge on any atom is -0.369 e. The van der Waals surface area contributed by atoms with Crippen molar-refractivity contribution in [3.63, 3.8) is 0 Å². The zero-order chi connectivity index (χ0) is 16.0. The van der Waals surface area contributed by atoms with Crippen molar-refractivity contribution < 1.29 is 0 Å². The van der Waals surface area contributed by atoms with Crippen molar-refractivity contribution in [1.82, 2.24) is 24.3 Å². The van der Waals surface area contributed by atoms with Crippen molar-refractivity contribution in [1.29, 1.82) is 0 Å². The Balaban J connectivity index is 2.21. The molecule has 0 aliphatic carbocycles. The minimum absolute atomic E-state index is 0.413. The maximum atomic E-state index is 6.09. The number of fused-ring (bicyclic) bond motifs is 3. The SMILES string of the molecule is CSc1nccc(-c2c3c(C)ccnc3n3c(N)nccc23)n1. The predicted octanol–water partition coefficient (Wildman–Crippen LogP) is 2.95. The van der Waals surface area contributed by atoms with Gasteiger partial charge in [-0.25, -0.2) is 19.9 Å². The molecule has 4 aromatic heterocycles. The molecule has 0 atom stereocenters. The first-order chi connectivity index (χ1) is 11.2. The third-order valence-corrected chi connectivity index (χ3v) is 4.40. The van der Waals surface area contributed by atoms with E-state index in [1.54, 1.807) is 18.6 Å². The highest BCUT2D eigenvalue weighted by Crippen LogP contribution is 2.36. The van der Waals surface area contributed by atoms with E-state index in [2.05, 4.69) is 26.9 Å². The van der Waals surface area contributed by atoms with Gasteiger partial charge in [-0.05, 0) is 36.9 Å². The molecular weight excluding hydrogens is 308 g/mol. The van der Waals surface area contributed by atoms with Gasteiger partial charge in [0.15, 0.2) is 5.16 Å². The van der Waals surface area contributed by atoms with Crippen molar-refractivity contribution in [2.45, 2.75) is 12.1 Å². The van der Waals surface area contributed by atoms with Crippen molar-refractivity contribution in [3.05, 3.63) is 42.4 Å². The fourth-order valence-corrected chi connectivity index (χ4v) is 3.20. The smallest absolute Gasteiger partial charge is 0.206 e. The molecule has 2 N–H and O–H groups in total. The second-order valence-electron chi connectivity index (χ2n) is 5.15. The standard InChI is InChI=1S/C16H14N6S/c1-9-3-6-18-14-12(9)13(10-4-7-20-16(21-10)23-2)11-5-8-19-15(17)22(11)14/h3-8H,1-2H3,(H2,17,19). The van der Waals surface area contributed by atoms with E-state index in [1.807, 2.05) is 28.9 Å². The fourth-order valence-electron chi connectivity index (χ4n) is 2.85. The van der Waals surface area contributed by atoms with Crippen LogP contribution in [0.5, 0.6) is 0 Å². The first-order valence-corrected chi connectivity index (χ1v) is 8.31. The number of aromatic nitrogens is 5. The Morgan fingerprint density at radius 3 is 2.65 bits per heavy atom. The second-order valence-corrected chi connectivity index (χ2v) is 5.93. The number of hydrogen-bond acceptors (Lipinski definition) is 6. The lowest BCUT2D eigenvalue weighted by atomic mass is 10.1. The summed E-state index contributed by atoms with van der Waals surface area (Å²) in [5, 5.41) is 1.77. The molecule has 0 saturated heterocycles. The first kappa shape index (κ1) is 14.0. The van der Waals surface area contributed by atoms with Crippen LogP contribution < -0.4 is 5.73 Å². The van der Waals surface area contributed by atoms with Crippen molar-refractivity contribution in [2.75, 3.05) is 12.0 Å². The van der Waals surface area contributed by atoms with Crippen molar-refractivity contribution in [3.8, 4) is 11.3 Å². The van der Waals surface area contributed by atoms with Crippen LogP contribution in [0.1, 0.15) is 5.56 Å². The maximum absolute atomic E-state index is 6.09. The van der Waals surface area contributed by atoms with Gasteiger partial charge in [0, 0.05) is 29.5 Å². The molecule has 7 heteroatoms. The van der Waals surface area contributed by atoms with Crippen LogP contribution in [0.3, 0.4) is 0 Å². The molecule has 0 spiro atoms. The number of nitrogen functional groups attached to an aromatic ring is 1. The quantitative estimate of drug-likeness (QED) is 0.451. The Bertz CT molecular complexity index is 1040. The normalized spacial score (nSPS) is 11.4. The van der Waals surface area contributed by atoms with Gasteiger partial charge < -0.3 is 5.73 Å². The van der Waals surface area contributed by atoms with Gasteiger partial charge in [-0.15, -0.1) is 0 Å². The van der Waals surface area contributed by atoms with E-state index in [0.29, 0.717) is 5.95 Å². The number of nitrogens with zero attached hydrogens (tertiary/aromatic N) is 5. The van der Waals surface area contributed by atoms with Gasteiger partial charge >= 0.3 is 0 Å². The maximum Gasteiger partial charge on any atom is 0.206 e. The summed E-state index contributed by atoms with van der Waals surface area (Å²) in [6.45, 7) is 2.06. The summed E-state index contributed by atoms with van der Waals surface area (Å²) < 4.78 is 1.87. The minimum atomic E-state index is 0.413. The van der Waals surface area contributed by atoms with Gasteiger partial charge in [0.05, 0.1) is 11.2 Å². The monoisotopic (exact) mass is 322 g/mol. The Kier molecular flexibility index (Phi) is 3.16. The molecule has 0 amide bonds. The largest absolute Gasteiger partial charge is 0.369 e. The Morgan fingerprint density at radius 1 is 1.04 bits per heavy atom. The Labute approximate surface area is 136 Å². The number of nitrogens with two attached hydrogens (primary N) is 1. The third-order valence-electron chi connectivity index (χ3n) is 3.84. The molecule has 0 saturated carbocycles. The third kappa shape index (κ3) is 2.04. The van der Waals surface area contributed by atoms with Crippen LogP contribution in [-0.2, 0) is 0 Å². The number of pyridine rings is 1. The Morgan fingerprint density at radius 2 is 1.83 bits per heavy atom. The summed E-state index contributed by atoms with van der Waals surface area (Å²) in [5.41, 5.74) is 10.8. The molecule has 0 aromatic carbocycles. The molecule has 0 unspecified atom stereocenters. The van der Waals surface area contributed by atoms with Crippen LogP contribution in [0, 0.1) is 6.92 Å². The highest BCUT2D eigenvalue weighted by Gasteiger charge is 2.19. The van der Waals surface area contributed by atoms with Gasteiger partial charge in [0.1, 0.15) is 5.65 Å². The van der Waals surface area contributed by atoms with Gasteiger partial charge in [0.2, 0.25) is 5.95 Å². The van der Waals surface area contributed by atoms with Crippen LogP contribution in [0.2, 0.25) is 0 Å². The molecule has 4 heterocycles. The summed E-state index contributed by atoms with van der Waals surface area (Å²) in [7, 11) is 0. The zero-order valence-corrected chi connectivity index (χ0v) is 13.5. The van der Waals surface area contributed by atoms with Crippen LogP contribution in [0.25, 0.3) is 27.8 Å². The highest BCUT2D eigenvalue weighted by atomic mass is 32.2. The number of thioether (sulfide) groups is 1. The molecule has 4 aromatic rings. The molecule has 0 radical (unpaired) electrons.